The third kappa shape index (κ3) is 3.97. The normalized spacial score (nSPS) is 17.1. The smallest absolute Gasteiger partial charge is 0.257 e. The number of hydrogen-bond acceptors (Lipinski definition) is 3. The minimum absolute atomic E-state index is 0.0411. The molecule has 1 aromatic carbocycles. The lowest BCUT2D eigenvalue weighted by Gasteiger charge is -2.10. The number of aliphatic hydroxyl groups is 1. The van der Waals surface area contributed by atoms with Gasteiger partial charge in [0, 0.05) is 6.54 Å². The number of aliphatic hydroxyl groups excluding tert-OH is 1. The number of amides is 1. The van der Waals surface area contributed by atoms with Crippen LogP contribution in [0.1, 0.15) is 43.9 Å². The van der Waals surface area contributed by atoms with Gasteiger partial charge in [-0.05, 0) is 48.4 Å². The van der Waals surface area contributed by atoms with Crippen molar-refractivity contribution in [1.82, 2.24) is 5.32 Å². The van der Waals surface area contributed by atoms with Crippen LogP contribution in [-0.2, 0) is 11.2 Å². The van der Waals surface area contributed by atoms with Crippen LogP contribution in [0.2, 0.25) is 0 Å². The van der Waals surface area contributed by atoms with Crippen LogP contribution in [0.3, 0.4) is 0 Å². The number of carbonyl (C=O) groups excluding carboxylic acids is 1. The molecule has 1 aromatic rings. The van der Waals surface area contributed by atoms with E-state index in [1.54, 1.807) is 0 Å². The van der Waals surface area contributed by atoms with E-state index >= 15 is 0 Å². The highest BCUT2D eigenvalue weighted by Gasteiger charge is 2.20. The van der Waals surface area contributed by atoms with Gasteiger partial charge >= 0.3 is 0 Å². The monoisotopic (exact) mass is 277 g/mol. The molecule has 110 valence electrons. The molecule has 0 aliphatic heterocycles. The molecule has 4 nitrogen and oxygen atoms in total. The number of fused-ring (bicyclic) bond motifs is 1. The van der Waals surface area contributed by atoms with Crippen molar-refractivity contribution in [1.29, 1.82) is 0 Å². The zero-order chi connectivity index (χ0) is 14.5. The molecule has 20 heavy (non-hydrogen) atoms. The maximum atomic E-state index is 11.6. The number of hydrogen-bond donors (Lipinski definition) is 2. The summed E-state index contributed by atoms with van der Waals surface area (Å²) in [7, 11) is 0. The molecule has 1 atom stereocenters. The molecule has 4 heteroatoms. The van der Waals surface area contributed by atoms with Gasteiger partial charge in [0.25, 0.3) is 5.91 Å². The fourth-order valence-electron chi connectivity index (χ4n) is 2.36. The Labute approximate surface area is 120 Å². The fourth-order valence-corrected chi connectivity index (χ4v) is 2.36. The first kappa shape index (κ1) is 14.9. The van der Waals surface area contributed by atoms with E-state index in [1.807, 2.05) is 18.2 Å². The molecule has 0 aromatic heterocycles. The summed E-state index contributed by atoms with van der Waals surface area (Å²) in [5, 5.41) is 12.6. The lowest BCUT2D eigenvalue weighted by atomic mass is 10.1. The van der Waals surface area contributed by atoms with Crippen molar-refractivity contribution in [3.63, 3.8) is 0 Å². The number of benzene rings is 1. The summed E-state index contributed by atoms with van der Waals surface area (Å²) in [6, 6.07) is 5.63. The van der Waals surface area contributed by atoms with Crippen molar-refractivity contribution >= 4 is 5.91 Å². The van der Waals surface area contributed by atoms with Gasteiger partial charge in [-0.1, -0.05) is 19.9 Å². The molecule has 0 bridgehead atoms. The zero-order valence-corrected chi connectivity index (χ0v) is 12.2. The van der Waals surface area contributed by atoms with Crippen molar-refractivity contribution in [3.8, 4) is 5.75 Å². The maximum Gasteiger partial charge on any atom is 0.257 e. The average molecular weight is 277 g/mol. The van der Waals surface area contributed by atoms with Crippen molar-refractivity contribution in [2.75, 3.05) is 13.2 Å². The molecular weight excluding hydrogens is 254 g/mol. The Morgan fingerprint density at radius 2 is 2.30 bits per heavy atom. The standard InChI is InChI=1S/C16H23NO3/c1-11(2)7-8-17-16(19)10-20-13-4-5-14-12(9-13)3-6-15(14)18/h4-5,9,11,15,18H,3,6-8,10H2,1-2H3,(H,17,19)/t15-/m0/s1. The third-order valence-electron chi connectivity index (χ3n) is 3.57. The molecule has 1 aliphatic rings. The minimum Gasteiger partial charge on any atom is -0.484 e. The fraction of sp³-hybridized carbons (Fsp3) is 0.562. The SMILES string of the molecule is CC(C)CCNC(=O)COc1ccc2c(c1)CC[C@@H]2O. The van der Waals surface area contributed by atoms with E-state index in [0.717, 1.165) is 30.4 Å². The van der Waals surface area contributed by atoms with Crippen molar-refractivity contribution in [2.45, 2.75) is 39.2 Å². The van der Waals surface area contributed by atoms with E-state index in [9.17, 15) is 9.90 Å². The summed E-state index contributed by atoms with van der Waals surface area (Å²) in [5.74, 6) is 1.18. The van der Waals surface area contributed by atoms with Crippen molar-refractivity contribution in [3.05, 3.63) is 29.3 Å². The molecule has 2 rings (SSSR count). The summed E-state index contributed by atoms with van der Waals surface area (Å²) in [6.07, 6.45) is 2.27. The molecule has 0 saturated heterocycles. The van der Waals surface area contributed by atoms with Gasteiger partial charge in [-0.25, -0.2) is 0 Å². The third-order valence-corrected chi connectivity index (χ3v) is 3.57. The second kappa shape index (κ2) is 6.75. The Hall–Kier alpha value is -1.55. The first-order chi connectivity index (χ1) is 9.56. The zero-order valence-electron chi connectivity index (χ0n) is 12.2. The van der Waals surface area contributed by atoms with Gasteiger partial charge in [0.2, 0.25) is 0 Å². The first-order valence-corrected chi connectivity index (χ1v) is 7.26. The molecule has 0 unspecified atom stereocenters. The molecular formula is C16H23NO3. The van der Waals surface area contributed by atoms with E-state index in [1.165, 1.54) is 0 Å². The Balaban J connectivity index is 1.78. The summed E-state index contributed by atoms with van der Waals surface area (Å²) in [6.45, 7) is 4.99. The summed E-state index contributed by atoms with van der Waals surface area (Å²) < 4.78 is 5.49. The maximum absolute atomic E-state index is 11.6. The average Bonchev–Trinajstić information content (AvgIpc) is 2.77. The van der Waals surface area contributed by atoms with E-state index in [-0.39, 0.29) is 18.6 Å². The molecule has 0 heterocycles. The molecule has 1 aliphatic carbocycles. The predicted octanol–water partition coefficient (Wildman–Crippen LogP) is 2.21. The quantitative estimate of drug-likeness (QED) is 0.838. The van der Waals surface area contributed by atoms with Crippen LogP contribution >= 0.6 is 0 Å². The second-order valence-corrected chi connectivity index (χ2v) is 5.74. The van der Waals surface area contributed by atoms with E-state index in [0.29, 0.717) is 18.2 Å². The van der Waals surface area contributed by atoms with E-state index < -0.39 is 0 Å². The molecule has 0 spiro atoms. The molecule has 1 amide bonds. The topological polar surface area (TPSA) is 58.6 Å². The van der Waals surface area contributed by atoms with Crippen molar-refractivity contribution in [2.24, 2.45) is 5.92 Å². The first-order valence-electron chi connectivity index (χ1n) is 7.26. The van der Waals surface area contributed by atoms with Crippen LogP contribution in [0.5, 0.6) is 5.75 Å². The number of ether oxygens (including phenoxy) is 1. The van der Waals surface area contributed by atoms with Gasteiger partial charge < -0.3 is 15.2 Å². The Kier molecular flexibility index (Phi) is 5.01. The van der Waals surface area contributed by atoms with Crippen LogP contribution < -0.4 is 10.1 Å². The largest absolute Gasteiger partial charge is 0.484 e. The lowest BCUT2D eigenvalue weighted by molar-refractivity contribution is -0.123. The van der Waals surface area contributed by atoms with Gasteiger partial charge in [0.05, 0.1) is 6.10 Å². The predicted molar refractivity (Wildman–Crippen MR) is 77.7 cm³/mol. The van der Waals surface area contributed by atoms with Gasteiger partial charge in [0.15, 0.2) is 6.61 Å². The Morgan fingerprint density at radius 3 is 3.05 bits per heavy atom. The Bertz CT molecular complexity index is 471. The minimum atomic E-state index is -0.349. The highest BCUT2D eigenvalue weighted by atomic mass is 16.5. The number of nitrogens with one attached hydrogen (secondary N) is 1. The van der Waals surface area contributed by atoms with E-state index in [4.69, 9.17) is 4.74 Å². The summed E-state index contributed by atoms with van der Waals surface area (Å²) in [4.78, 5) is 11.6. The number of carbonyl (C=O) groups is 1. The summed E-state index contributed by atoms with van der Waals surface area (Å²) in [5.41, 5.74) is 2.11. The summed E-state index contributed by atoms with van der Waals surface area (Å²) >= 11 is 0. The van der Waals surface area contributed by atoms with Gasteiger partial charge in [-0.15, -0.1) is 0 Å². The molecule has 0 saturated carbocycles. The van der Waals surface area contributed by atoms with E-state index in [2.05, 4.69) is 19.2 Å². The second-order valence-electron chi connectivity index (χ2n) is 5.74. The molecule has 2 N–H and O–H groups in total. The van der Waals surface area contributed by atoms with Crippen LogP contribution in [0.4, 0.5) is 0 Å². The lowest BCUT2D eigenvalue weighted by Crippen LogP contribution is -2.30. The van der Waals surface area contributed by atoms with Crippen LogP contribution in [-0.4, -0.2) is 24.2 Å². The van der Waals surface area contributed by atoms with Crippen molar-refractivity contribution < 1.29 is 14.6 Å². The molecule has 0 fully saturated rings. The highest BCUT2D eigenvalue weighted by Crippen LogP contribution is 2.33. The van der Waals surface area contributed by atoms with Gasteiger partial charge in [-0.2, -0.15) is 0 Å². The number of rotatable bonds is 6. The van der Waals surface area contributed by atoms with Crippen LogP contribution in [0, 0.1) is 5.92 Å². The number of aryl methyl sites for hydroxylation is 1. The highest BCUT2D eigenvalue weighted by molar-refractivity contribution is 5.77. The van der Waals surface area contributed by atoms with Gasteiger partial charge in [0.1, 0.15) is 5.75 Å². The molecule has 0 radical (unpaired) electrons. The van der Waals surface area contributed by atoms with Gasteiger partial charge in [-0.3, -0.25) is 4.79 Å². The van der Waals surface area contributed by atoms with Crippen LogP contribution in [0.25, 0.3) is 0 Å². The Morgan fingerprint density at radius 1 is 1.50 bits per heavy atom. The van der Waals surface area contributed by atoms with Crippen LogP contribution in [0.15, 0.2) is 18.2 Å².